The fraction of sp³-hybridized carbons (Fsp3) is 0.417. The van der Waals surface area contributed by atoms with Crippen molar-refractivity contribution >= 4 is 5.97 Å². The van der Waals surface area contributed by atoms with Gasteiger partial charge in [-0.2, -0.15) is 0 Å². The summed E-state index contributed by atoms with van der Waals surface area (Å²) in [7, 11) is 0. The van der Waals surface area contributed by atoms with Gasteiger partial charge in [0.1, 0.15) is 17.7 Å². The normalized spacial score (nSPS) is 14.4. The van der Waals surface area contributed by atoms with Gasteiger partial charge < -0.3 is 5.11 Å². The zero-order valence-corrected chi connectivity index (χ0v) is 9.71. The Morgan fingerprint density at radius 1 is 1.47 bits per heavy atom. The summed E-state index contributed by atoms with van der Waals surface area (Å²) in [4.78, 5) is 11.1. The Bertz CT molecular complexity index is 409. The molecule has 0 saturated carbocycles. The van der Waals surface area contributed by atoms with Gasteiger partial charge in [-0.3, -0.25) is 10.1 Å². The lowest BCUT2D eigenvalue weighted by molar-refractivity contribution is -0.140. The largest absolute Gasteiger partial charge is 0.480 e. The van der Waals surface area contributed by atoms with Crippen LogP contribution < -0.4 is 5.32 Å². The number of nitrogens with one attached hydrogen (secondary N) is 1. The number of carboxylic acids is 1. The minimum absolute atomic E-state index is 0.0984. The minimum Gasteiger partial charge on any atom is -0.480 e. The van der Waals surface area contributed by atoms with Crippen LogP contribution in [0.15, 0.2) is 18.2 Å². The molecule has 3 nitrogen and oxygen atoms in total. The van der Waals surface area contributed by atoms with Crippen LogP contribution in [0, 0.1) is 11.6 Å². The van der Waals surface area contributed by atoms with E-state index < -0.39 is 23.6 Å². The predicted molar refractivity (Wildman–Crippen MR) is 59.6 cm³/mol. The molecule has 17 heavy (non-hydrogen) atoms. The lowest BCUT2D eigenvalue weighted by atomic mass is 10.0. The highest BCUT2D eigenvalue weighted by atomic mass is 19.1. The number of rotatable bonds is 5. The third kappa shape index (κ3) is 3.49. The molecule has 0 bridgehead atoms. The molecule has 2 unspecified atom stereocenters. The Labute approximate surface area is 98.5 Å². The minimum atomic E-state index is -1.24. The van der Waals surface area contributed by atoms with Crippen molar-refractivity contribution < 1.29 is 18.7 Å². The van der Waals surface area contributed by atoms with Crippen molar-refractivity contribution in [3.8, 4) is 0 Å². The third-order valence-electron chi connectivity index (χ3n) is 2.58. The van der Waals surface area contributed by atoms with Crippen molar-refractivity contribution in [2.45, 2.75) is 32.4 Å². The third-order valence-corrected chi connectivity index (χ3v) is 2.58. The molecule has 0 heterocycles. The smallest absolute Gasteiger partial charge is 0.325 e. The first-order chi connectivity index (χ1) is 7.95. The fourth-order valence-electron chi connectivity index (χ4n) is 1.43. The summed E-state index contributed by atoms with van der Waals surface area (Å²) in [5.41, 5.74) is -0.183. The summed E-state index contributed by atoms with van der Waals surface area (Å²) >= 11 is 0. The number of hydrogen-bond acceptors (Lipinski definition) is 2. The quantitative estimate of drug-likeness (QED) is 0.835. The molecule has 0 spiro atoms. The van der Waals surface area contributed by atoms with Gasteiger partial charge in [0.05, 0.1) is 0 Å². The number of halogens is 2. The van der Waals surface area contributed by atoms with E-state index in [9.17, 15) is 13.6 Å². The van der Waals surface area contributed by atoms with Crippen LogP contribution in [0.1, 0.15) is 31.9 Å². The van der Waals surface area contributed by atoms with E-state index in [1.54, 1.807) is 6.92 Å². The molecule has 1 aromatic rings. The highest BCUT2D eigenvalue weighted by Crippen LogP contribution is 2.19. The van der Waals surface area contributed by atoms with Crippen LogP contribution in [0.4, 0.5) is 8.78 Å². The van der Waals surface area contributed by atoms with Crippen LogP contribution in [0.5, 0.6) is 0 Å². The Morgan fingerprint density at radius 2 is 2.12 bits per heavy atom. The summed E-state index contributed by atoms with van der Waals surface area (Å²) in [5, 5.41) is 11.8. The van der Waals surface area contributed by atoms with E-state index in [0.717, 1.165) is 18.2 Å². The molecule has 5 heteroatoms. The molecule has 1 aromatic carbocycles. The van der Waals surface area contributed by atoms with Crippen LogP contribution in [-0.2, 0) is 4.79 Å². The van der Waals surface area contributed by atoms with Crippen molar-refractivity contribution in [1.82, 2.24) is 5.32 Å². The topological polar surface area (TPSA) is 49.3 Å². The standard InChI is InChI=1S/C12H15F2NO2/c1-3-7(2)15-11(12(16)17)9-6-8(13)4-5-10(9)14/h4-7,11,15H,3H2,1-2H3,(H,16,17). The second-order valence-electron chi connectivity index (χ2n) is 3.91. The molecule has 0 saturated heterocycles. The van der Waals surface area contributed by atoms with Crippen molar-refractivity contribution in [2.75, 3.05) is 0 Å². The molecule has 0 aliphatic rings. The summed E-state index contributed by atoms with van der Waals surface area (Å²) in [6.07, 6.45) is 0.695. The van der Waals surface area contributed by atoms with Crippen LogP contribution in [-0.4, -0.2) is 17.1 Å². The highest BCUT2D eigenvalue weighted by molar-refractivity contribution is 5.75. The first kappa shape index (κ1) is 13.6. The molecule has 1 rings (SSSR count). The molecule has 94 valence electrons. The maximum Gasteiger partial charge on any atom is 0.325 e. The zero-order chi connectivity index (χ0) is 13.0. The van der Waals surface area contributed by atoms with Crippen molar-refractivity contribution in [1.29, 1.82) is 0 Å². The van der Waals surface area contributed by atoms with Crippen LogP contribution in [0.25, 0.3) is 0 Å². The molecular weight excluding hydrogens is 228 g/mol. The van der Waals surface area contributed by atoms with Gasteiger partial charge in [-0.1, -0.05) is 6.92 Å². The van der Waals surface area contributed by atoms with E-state index in [0.29, 0.717) is 6.42 Å². The van der Waals surface area contributed by atoms with E-state index in [4.69, 9.17) is 5.11 Å². The van der Waals surface area contributed by atoms with E-state index in [1.807, 2.05) is 6.92 Å². The molecule has 0 radical (unpaired) electrons. The summed E-state index contributed by atoms with van der Waals surface area (Å²) < 4.78 is 26.5. The SMILES string of the molecule is CCC(C)NC(C(=O)O)c1cc(F)ccc1F. The maximum absolute atomic E-state index is 13.5. The summed E-state index contributed by atoms with van der Waals surface area (Å²) in [6.45, 7) is 3.66. The van der Waals surface area contributed by atoms with Gasteiger partial charge in [0.25, 0.3) is 0 Å². The zero-order valence-electron chi connectivity index (χ0n) is 9.71. The second kappa shape index (κ2) is 5.72. The van der Waals surface area contributed by atoms with Gasteiger partial charge in [-0.25, -0.2) is 8.78 Å². The molecule has 2 atom stereocenters. The molecule has 0 aliphatic heterocycles. The van der Waals surface area contributed by atoms with Crippen molar-refractivity contribution in [3.63, 3.8) is 0 Å². The Morgan fingerprint density at radius 3 is 2.65 bits per heavy atom. The molecule has 2 N–H and O–H groups in total. The molecule has 0 aliphatic carbocycles. The number of benzene rings is 1. The number of carbonyl (C=O) groups is 1. The average molecular weight is 243 g/mol. The Balaban J connectivity index is 3.05. The maximum atomic E-state index is 13.5. The van der Waals surface area contributed by atoms with E-state index >= 15 is 0 Å². The Kier molecular flexibility index (Phi) is 4.57. The van der Waals surface area contributed by atoms with Crippen LogP contribution in [0.3, 0.4) is 0 Å². The van der Waals surface area contributed by atoms with Crippen LogP contribution in [0.2, 0.25) is 0 Å². The van der Waals surface area contributed by atoms with Gasteiger partial charge >= 0.3 is 5.97 Å². The van der Waals surface area contributed by atoms with Gasteiger partial charge in [0.15, 0.2) is 0 Å². The summed E-state index contributed by atoms with van der Waals surface area (Å²) in [6, 6.07) is 1.46. The van der Waals surface area contributed by atoms with E-state index in [-0.39, 0.29) is 11.6 Å². The summed E-state index contributed by atoms with van der Waals surface area (Å²) in [5.74, 6) is -2.61. The van der Waals surface area contributed by atoms with Crippen molar-refractivity contribution in [2.24, 2.45) is 0 Å². The molecule has 0 aromatic heterocycles. The molecular formula is C12H15F2NO2. The number of aliphatic carboxylic acids is 1. The van der Waals surface area contributed by atoms with Crippen LogP contribution >= 0.6 is 0 Å². The second-order valence-corrected chi connectivity index (χ2v) is 3.91. The van der Waals surface area contributed by atoms with E-state index in [2.05, 4.69) is 5.32 Å². The van der Waals surface area contributed by atoms with E-state index in [1.165, 1.54) is 0 Å². The molecule has 0 fully saturated rings. The van der Waals surface area contributed by atoms with Gasteiger partial charge in [0, 0.05) is 11.6 Å². The van der Waals surface area contributed by atoms with Gasteiger partial charge in [-0.05, 0) is 31.5 Å². The number of hydrogen-bond donors (Lipinski definition) is 2. The molecule has 0 amide bonds. The lowest BCUT2D eigenvalue weighted by Gasteiger charge is -2.19. The monoisotopic (exact) mass is 243 g/mol. The average Bonchev–Trinajstić information content (AvgIpc) is 2.28. The Hall–Kier alpha value is -1.49. The fourth-order valence-corrected chi connectivity index (χ4v) is 1.43. The first-order valence-corrected chi connectivity index (χ1v) is 5.39. The van der Waals surface area contributed by atoms with Crippen molar-refractivity contribution in [3.05, 3.63) is 35.4 Å². The number of carboxylic acid groups (broad SMARTS) is 1. The highest BCUT2D eigenvalue weighted by Gasteiger charge is 2.24. The first-order valence-electron chi connectivity index (χ1n) is 5.39. The van der Waals surface area contributed by atoms with Gasteiger partial charge in [-0.15, -0.1) is 0 Å². The predicted octanol–water partition coefficient (Wildman–Crippen LogP) is 2.48. The van der Waals surface area contributed by atoms with Gasteiger partial charge in [0.2, 0.25) is 0 Å². The lowest BCUT2D eigenvalue weighted by Crippen LogP contribution is -2.35.